The molecule has 0 fully saturated rings. The van der Waals surface area contributed by atoms with Crippen LogP contribution >= 0.6 is 0 Å². The first-order valence-electron chi connectivity index (χ1n) is 10.9. The zero-order chi connectivity index (χ0) is 25.2. The van der Waals surface area contributed by atoms with Gasteiger partial charge in [-0.1, -0.05) is 48.0 Å². The summed E-state index contributed by atoms with van der Waals surface area (Å²) in [6.07, 6.45) is 0.238. The van der Waals surface area contributed by atoms with Crippen molar-refractivity contribution in [2.75, 3.05) is 0 Å². The molecule has 5 unspecified atom stereocenters. The lowest BCUT2D eigenvalue weighted by Crippen LogP contribution is -2.59. The lowest BCUT2D eigenvalue weighted by Gasteiger charge is -2.28. The van der Waals surface area contributed by atoms with Crippen LogP contribution in [0.5, 0.6) is 0 Å². The molecule has 0 aromatic heterocycles. The van der Waals surface area contributed by atoms with Gasteiger partial charge < -0.3 is 32.5 Å². The van der Waals surface area contributed by atoms with Crippen molar-refractivity contribution in [2.45, 2.75) is 85.0 Å². The Balaban J connectivity index is 5.63. The molecule has 0 rings (SSSR count). The SMILES string of the molecule is CCC(C)C(NC(=O)C(N)C(C)C)C(=O)NC(CCC(N)=O)C(=O)NC(C(=O)O)C(C)C. The molecule has 0 saturated heterocycles. The number of aliphatic carboxylic acids is 1. The fourth-order valence-corrected chi connectivity index (χ4v) is 2.84. The van der Waals surface area contributed by atoms with E-state index in [1.807, 2.05) is 6.92 Å². The summed E-state index contributed by atoms with van der Waals surface area (Å²) in [7, 11) is 0. The van der Waals surface area contributed by atoms with Crippen LogP contribution in [0.25, 0.3) is 0 Å². The van der Waals surface area contributed by atoms with Crippen LogP contribution in [0.2, 0.25) is 0 Å². The third-order valence-electron chi connectivity index (χ3n) is 5.36. The molecule has 0 aliphatic rings. The van der Waals surface area contributed by atoms with E-state index in [0.29, 0.717) is 6.42 Å². The van der Waals surface area contributed by atoms with Gasteiger partial charge in [0.15, 0.2) is 0 Å². The summed E-state index contributed by atoms with van der Waals surface area (Å²) < 4.78 is 0. The number of nitrogens with two attached hydrogens (primary N) is 2. The minimum Gasteiger partial charge on any atom is -0.480 e. The third-order valence-corrected chi connectivity index (χ3v) is 5.36. The summed E-state index contributed by atoms with van der Waals surface area (Å²) in [6, 6.07) is -4.17. The molecule has 184 valence electrons. The fraction of sp³-hybridized carbons (Fsp3) is 0.762. The van der Waals surface area contributed by atoms with Gasteiger partial charge in [0.05, 0.1) is 6.04 Å². The number of carbonyl (C=O) groups is 5. The van der Waals surface area contributed by atoms with Crippen molar-refractivity contribution < 1.29 is 29.1 Å². The van der Waals surface area contributed by atoms with Crippen molar-refractivity contribution in [3.63, 3.8) is 0 Å². The quantitative estimate of drug-likeness (QED) is 0.202. The number of hydrogen-bond donors (Lipinski definition) is 6. The number of hydrogen-bond acceptors (Lipinski definition) is 6. The maximum absolute atomic E-state index is 13.0. The smallest absolute Gasteiger partial charge is 0.326 e. The topological polar surface area (TPSA) is 194 Å². The van der Waals surface area contributed by atoms with E-state index >= 15 is 0 Å². The van der Waals surface area contributed by atoms with Crippen LogP contribution in [0.4, 0.5) is 0 Å². The number of nitrogens with one attached hydrogen (secondary N) is 3. The third kappa shape index (κ3) is 9.63. The molecular weight excluding hydrogens is 418 g/mol. The van der Waals surface area contributed by atoms with Crippen LogP contribution in [0.1, 0.15) is 60.8 Å². The Morgan fingerprint density at radius 2 is 1.34 bits per heavy atom. The summed E-state index contributed by atoms with van der Waals surface area (Å²) in [5.41, 5.74) is 11.1. The van der Waals surface area contributed by atoms with E-state index in [1.165, 1.54) is 0 Å². The predicted molar refractivity (Wildman–Crippen MR) is 119 cm³/mol. The molecule has 0 spiro atoms. The summed E-state index contributed by atoms with van der Waals surface area (Å²) in [5, 5.41) is 16.9. The van der Waals surface area contributed by atoms with Gasteiger partial charge in [0, 0.05) is 6.42 Å². The first-order valence-corrected chi connectivity index (χ1v) is 10.9. The zero-order valence-electron chi connectivity index (χ0n) is 19.8. The molecular formula is C21H39N5O6. The maximum Gasteiger partial charge on any atom is 0.326 e. The molecule has 11 heteroatoms. The van der Waals surface area contributed by atoms with Crippen LogP contribution in [0.3, 0.4) is 0 Å². The second-order valence-electron chi connectivity index (χ2n) is 8.78. The van der Waals surface area contributed by atoms with E-state index < -0.39 is 59.7 Å². The summed E-state index contributed by atoms with van der Waals surface area (Å²) in [5.74, 6) is -4.61. The van der Waals surface area contributed by atoms with Crippen molar-refractivity contribution in [1.82, 2.24) is 16.0 Å². The highest BCUT2D eigenvalue weighted by Crippen LogP contribution is 2.11. The van der Waals surface area contributed by atoms with Gasteiger partial charge in [0.2, 0.25) is 23.6 Å². The number of amides is 4. The van der Waals surface area contributed by atoms with Crippen LogP contribution < -0.4 is 27.4 Å². The highest BCUT2D eigenvalue weighted by molar-refractivity contribution is 5.94. The average Bonchev–Trinajstić information content (AvgIpc) is 2.70. The standard InChI is InChI=1S/C21H39N5O6/c1-7-12(6)17(26-19(29)15(23)10(2)3)20(30)24-13(8-9-14(22)27)18(28)25-16(11(4)5)21(31)32/h10-13,15-17H,7-9,23H2,1-6H3,(H2,22,27)(H,24,30)(H,25,28)(H,26,29)(H,31,32). The highest BCUT2D eigenvalue weighted by atomic mass is 16.4. The number of carboxylic acids is 1. The van der Waals surface area contributed by atoms with E-state index in [2.05, 4.69) is 16.0 Å². The minimum absolute atomic E-state index is 0.121. The lowest BCUT2D eigenvalue weighted by molar-refractivity contribution is -0.143. The normalized spacial score (nSPS) is 15.9. The number of carboxylic acid groups (broad SMARTS) is 1. The number of primary amides is 1. The van der Waals surface area contributed by atoms with Gasteiger partial charge >= 0.3 is 5.97 Å². The average molecular weight is 458 g/mol. The largest absolute Gasteiger partial charge is 0.480 e. The van der Waals surface area contributed by atoms with Gasteiger partial charge in [-0.3, -0.25) is 19.2 Å². The summed E-state index contributed by atoms with van der Waals surface area (Å²) >= 11 is 0. The van der Waals surface area contributed by atoms with E-state index in [-0.39, 0.29) is 24.7 Å². The molecule has 8 N–H and O–H groups in total. The molecule has 0 heterocycles. The predicted octanol–water partition coefficient (Wildman–Crippen LogP) is -0.524. The molecule has 0 bridgehead atoms. The van der Waals surface area contributed by atoms with Gasteiger partial charge in [-0.25, -0.2) is 4.79 Å². The van der Waals surface area contributed by atoms with Crippen LogP contribution in [0.15, 0.2) is 0 Å². The molecule has 32 heavy (non-hydrogen) atoms. The monoisotopic (exact) mass is 457 g/mol. The summed E-state index contributed by atoms with van der Waals surface area (Å²) in [6.45, 7) is 10.4. The van der Waals surface area contributed by atoms with Crippen molar-refractivity contribution in [3.05, 3.63) is 0 Å². The Morgan fingerprint density at radius 1 is 0.812 bits per heavy atom. The Bertz CT molecular complexity index is 682. The Hall–Kier alpha value is -2.69. The zero-order valence-corrected chi connectivity index (χ0v) is 19.8. The Kier molecular flexibility index (Phi) is 12.5. The molecule has 0 aromatic rings. The molecule has 5 atom stereocenters. The van der Waals surface area contributed by atoms with E-state index in [1.54, 1.807) is 34.6 Å². The van der Waals surface area contributed by atoms with Gasteiger partial charge in [0.1, 0.15) is 18.1 Å². The Morgan fingerprint density at radius 3 is 1.75 bits per heavy atom. The second-order valence-corrected chi connectivity index (χ2v) is 8.78. The molecule has 11 nitrogen and oxygen atoms in total. The molecule has 0 radical (unpaired) electrons. The van der Waals surface area contributed by atoms with Gasteiger partial charge in [-0.05, 0) is 24.2 Å². The fourth-order valence-electron chi connectivity index (χ4n) is 2.84. The van der Waals surface area contributed by atoms with Crippen LogP contribution in [-0.2, 0) is 24.0 Å². The second kappa shape index (κ2) is 13.7. The van der Waals surface area contributed by atoms with Gasteiger partial charge in [-0.15, -0.1) is 0 Å². The summed E-state index contributed by atoms with van der Waals surface area (Å²) in [4.78, 5) is 60.8. The van der Waals surface area contributed by atoms with E-state index in [9.17, 15) is 29.1 Å². The van der Waals surface area contributed by atoms with Crippen molar-refractivity contribution >= 4 is 29.6 Å². The van der Waals surface area contributed by atoms with E-state index in [0.717, 1.165) is 0 Å². The van der Waals surface area contributed by atoms with Crippen LogP contribution in [0, 0.1) is 17.8 Å². The van der Waals surface area contributed by atoms with Crippen molar-refractivity contribution in [2.24, 2.45) is 29.2 Å². The first kappa shape index (κ1) is 29.3. The minimum atomic E-state index is -1.22. The van der Waals surface area contributed by atoms with Gasteiger partial charge in [0.25, 0.3) is 0 Å². The van der Waals surface area contributed by atoms with Crippen LogP contribution in [-0.4, -0.2) is 58.9 Å². The molecule has 0 aliphatic carbocycles. The molecule has 4 amide bonds. The lowest BCUT2D eigenvalue weighted by atomic mass is 9.96. The van der Waals surface area contributed by atoms with E-state index in [4.69, 9.17) is 11.5 Å². The molecule has 0 saturated carbocycles. The maximum atomic E-state index is 13.0. The molecule has 0 aliphatic heterocycles. The van der Waals surface area contributed by atoms with Crippen molar-refractivity contribution in [1.29, 1.82) is 0 Å². The Labute approximate surface area is 189 Å². The highest BCUT2D eigenvalue weighted by Gasteiger charge is 2.33. The van der Waals surface area contributed by atoms with Crippen molar-refractivity contribution in [3.8, 4) is 0 Å². The first-order chi connectivity index (χ1) is 14.7. The molecule has 0 aromatic carbocycles. The number of rotatable bonds is 14. The number of carbonyl (C=O) groups excluding carboxylic acids is 4. The van der Waals surface area contributed by atoms with Gasteiger partial charge in [-0.2, -0.15) is 0 Å².